The normalized spacial score (nSPS) is 27.4. The number of hydrogen-bond acceptors (Lipinski definition) is 4. The minimum absolute atomic E-state index is 0.0943. The maximum absolute atomic E-state index is 11.5. The molecule has 1 amide bonds. The molecule has 0 bridgehead atoms. The standard InChI is InChI=1S/C14H28N4O/c1-16-14(19)9-13(10-15)18-8-5-12(11-18)17-6-3-2-4-7-17/h12-13H,2-11,15H2,1H3,(H,16,19). The average Bonchev–Trinajstić information content (AvgIpc) is 2.95. The van der Waals surface area contributed by atoms with E-state index in [1.165, 1.54) is 38.8 Å². The average molecular weight is 268 g/mol. The van der Waals surface area contributed by atoms with Crippen molar-refractivity contribution in [3.8, 4) is 0 Å². The van der Waals surface area contributed by atoms with Crippen molar-refractivity contribution in [2.45, 2.75) is 44.2 Å². The zero-order chi connectivity index (χ0) is 13.7. The topological polar surface area (TPSA) is 61.6 Å². The molecule has 0 aliphatic carbocycles. The number of carbonyl (C=O) groups excluding carboxylic acids is 1. The van der Waals surface area contributed by atoms with Crippen LogP contribution in [-0.4, -0.2) is 67.6 Å². The summed E-state index contributed by atoms with van der Waals surface area (Å²) in [5.74, 6) is 0.0943. The Morgan fingerprint density at radius 1 is 1.32 bits per heavy atom. The summed E-state index contributed by atoms with van der Waals surface area (Å²) in [6, 6.07) is 0.883. The molecule has 0 radical (unpaired) electrons. The summed E-state index contributed by atoms with van der Waals surface area (Å²) in [5.41, 5.74) is 5.84. The highest BCUT2D eigenvalue weighted by Gasteiger charge is 2.32. The molecule has 3 N–H and O–H groups in total. The SMILES string of the molecule is CNC(=O)CC(CN)N1CCC(N2CCCCC2)C1. The summed E-state index contributed by atoms with van der Waals surface area (Å²) >= 11 is 0. The maximum Gasteiger partial charge on any atom is 0.221 e. The Hall–Kier alpha value is -0.650. The number of amides is 1. The van der Waals surface area contributed by atoms with E-state index < -0.39 is 0 Å². The molecule has 2 heterocycles. The lowest BCUT2D eigenvalue weighted by atomic mass is 10.1. The van der Waals surface area contributed by atoms with Gasteiger partial charge in [0.05, 0.1) is 0 Å². The van der Waals surface area contributed by atoms with E-state index in [0.717, 1.165) is 13.1 Å². The van der Waals surface area contributed by atoms with Crippen molar-refractivity contribution in [2.24, 2.45) is 5.73 Å². The van der Waals surface area contributed by atoms with Crippen LogP contribution in [0.4, 0.5) is 0 Å². The van der Waals surface area contributed by atoms with E-state index in [9.17, 15) is 4.79 Å². The Kier molecular flexibility index (Phi) is 5.60. The van der Waals surface area contributed by atoms with Gasteiger partial charge in [-0.1, -0.05) is 6.42 Å². The highest BCUT2D eigenvalue weighted by molar-refractivity contribution is 5.76. The molecule has 2 aliphatic rings. The van der Waals surface area contributed by atoms with Gasteiger partial charge in [-0.3, -0.25) is 14.6 Å². The maximum atomic E-state index is 11.5. The summed E-state index contributed by atoms with van der Waals surface area (Å²) in [7, 11) is 1.69. The molecule has 2 fully saturated rings. The second-order valence-corrected chi connectivity index (χ2v) is 5.80. The van der Waals surface area contributed by atoms with Crippen LogP contribution in [0.25, 0.3) is 0 Å². The third kappa shape index (κ3) is 3.91. The van der Waals surface area contributed by atoms with E-state index >= 15 is 0 Å². The Balaban J connectivity index is 1.83. The highest BCUT2D eigenvalue weighted by atomic mass is 16.1. The van der Waals surface area contributed by atoms with Crippen molar-refractivity contribution < 1.29 is 4.79 Å². The monoisotopic (exact) mass is 268 g/mol. The Labute approximate surface area is 116 Å². The molecule has 19 heavy (non-hydrogen) atoms. The summed E-state index contributed by atoms with van der Waals surface area (Å²) in [6.45, 7) is 5.24. The van der Waals surface area contributed by atoms with E-state index in [1.54, 1.807) is 7.05 Å². The third-order valence-corrected chi connectivity index (χ3v) is 4.59. The van der Waals surface area contributed by atoms with Crippen LogP contribution < -0.4 is 11.1 Å². The number of nitrogens with one attached hydrogen (secondary N) is 1. The quantitative estimate of drug-likeness (QED) is 0.737. The van der Waals surface area contributed by atoms with E-state index in [2.05, 4.69) is 15.1 Å². The predicted molar refractivity (Wildman–Crippen MR) is 76.9 cm³/mol. The first-order valence-electron chi connectivity index (χ1n) is 7.63. The van der Waals surface area contributed by atoms with Crippen molar-refractivity contribution in [3.63, 3.8) is 0 Å². The first kappa shape index (κ1) is 14.8. The molecule has 2 rings (SSSR count). The van der Waals surface area contributed by atoms with Crippen LogP contribution in [-0.2, 0) is 4.79 Å². The Morgan fingerprint density at radius 3 is 2.68 bits per heavy atom. The van der Waals surface area contributed by atoms with Crippen molar-refractivity contribution in [3.05, 3.63) is 0 Å². The Morgan fingerprint density at radius 2 is 2.05 bits per heavy atom. The number of likely N-dealkylation sites (tertiary alicyclic amines) is 2. The largest absolute Gasteiger partial charge is 0.359 e. The van der Waals surface area contributed by atoms with Crippen molar-refractivity contribution in [1.82, 2.24) is 15.1 Å². The molecule has 0 aromatic rings. The van der Waals surface area contributed by atoms with Crippen LogP contribution in [0.1, 0.15) is 32.1 Å². The first-order chi connectivity index (χ1) is 9.24. The molecular formula is C14H28N4O. The van der Waals surface area contributed by atoms with Crippen molar-refractivity contribution in [1.29, 1.82) is 0 Å². The minimum atomic E-state index is 0.0943. The van der Waals surface area contributed by atoms with E-state index in [0.29, 0.717) is 19.0 Å². The van der Waals surface area contributed by atoms with Gasteiger partial charge in [-0.05, 0) is 32.4 Å². The predicted octanol–water partition coefficient (Wildman–Crippen LogP) is 0.0100. The van der Waals surface area contributed by atoms with Gasteiger partial charge in [-0.15, -0.1) is 0 Å². The molecule has 0 saturated carbocycles. The smallest absolute Gasteiger partial charge is 0.221 e. The molecule has 0 aromatic carbocycles. The number of carbonyl (C=O) groups is 1. The lowest BCUT2D eigenvalue weighted by molar-refractivity contribution is -0.121. The zero-order valence-electron chi connectivity index (χ0n) is 12.1. The van der Waals surface area contributed by atoms with Crippen LogP contribution in [0, 0.1) is 0 Å². The Bertz CT molecular complexity index is 291. The lowest BCUT2D eigenvalue weighted by Gasteiger charge is -2.33. The van der Waals surface area contributed by atoms with Gasteiger partial charge in [0.15, 0.2) is 0 Å². The molecular weight excluding hydrogens is 240 g/mol. The van der Waals surface area contributed by atoms with Gasteiger partial charge < -0.3 is 11.1 Å². The molecule has 0 aromatic heterocycles. The second kappa shape index (κ2) is 7.22. The number of rotatable bonds is 5. The van der Waals surface area contributed by atoms with Crippen LogP contribution in [0.15, 0.2) is 0 Å². The third-order valence-electron chi connectivity index (χ3n) is 4.59. The van der Waals surface area contributed by atoms with Crippen LogP contribution in [0.3, 0.4) is 0 Å². The van der Waals surface area contributed by atoms with Gasteiger partial charge in [0.25, 0.3) is 0 Å². The molecule has 0 spiro atoms. The van der Waals surface area contributed by atoms with Gasteiger partial charge in [0.2, 0.25) is 5.91 Å². The molecule has 110 valence electrons. The molecule has 5 heteroatoms. The lowest BCUT2D eigenvalue weighted by Crippen LogP contribution is -2.45. The fourth-order valence-corrected chi connectivity index (χ4v) is 3.36. The van der Waals surface area contributed by atoms with Gasteiger partial charge >= 0.3 is 0 Å². The summed E-state index contributed by atoms with van der Waals surface area (Å²) in [6.07, 6.45) is 5.82. The molecule has 2 unspecified atom stereocenters. The molecule has 2 atom stereocenters. The fraction of sp³-hybridized carbons (Fsp3) is 0.929. The first-order valence-corrected chi connectivity index (χ1v) is 7.63. The zero-order valence-corrected chi connectivity index (χ0v) is 12.1. The van der Waals surface area contributed by atoms with Gasteiger partial charge in [0, 0.05) is 45.2 Å². The summed E-state index contributed by atoms with van der Waals surface area (Å²) < 4.78 is 0. The number of hydrogen-bond donors (Lipinski definition) is 2. The fourth-order valence-electron chi connectivity index (χ4n) is 3.36. The summed E-state index contributed by atoms with van der Waals surface area (Å²) in [4.78, 5) is 16.6. The van der Waals surface area contributed by atoms with Gasteiger partial charge in [0.1, 0.15) is 0 Å². The van der Waals surface area contributed by atoms with Gasteiger partial charge in [-0.25, -0.2) is 0 Å². The van der Waals surface area contributed by atoms with Crippen molar-refractivity contribution in [2.75, 3.05) is 39.8 Å². The number of nitrogens with two attached hydrogens (primary N) is 1. The van der Waals surface area contributed by atoms with E-state index in [-0.39, 0.29) is 11.9 Å². The van der Waals surface area contributed by atoms with Gasteiger partial charge in [-0.2, -0.15) is 0 Å². The van der Waals surface area contributed by atoms with Crippen LogP contribution in [0.2, 0.25) is 0 Å². The number of piperidine rings is 1. The van der Waals surface area contributed by atoms with Crippen LogP contribution in [0.5, 0.6) is 0 Å². The number of nitrogens with zero attached hydrogens (tertiary/aromatic N) is 2. The summed E-state index contributed by atoms with van der Waals surface area (Å²) in [5, 5.41) is 2.70. The minimum Gasteiger partial charge on any atom is -0.359 e. The molecule has 2 saturated heterocycles. The molecule has 2 aliphatic heterocycles. The second-order valence-electron chi connectivity index (χ2n) is 5.80. The molecule has 5 nitrogen and oxygen atoms in total. The van der Waals surface area contributed by atoms with E-state index in [4.69, 9.17) is 5.73 Å². The van der Waals surface area contributed by atoms with Crippen LogP contribution >= 0.6 is 0 Å². The highest BCUT2D eigenvalue weighted by Crippen LogP contribution is 2.22. The van der Waals surface area contributed by atoms with E-state index in [1.807, 2.05) is 0 Å². The van der Waals surface area contributed by atoms with Crippen molar-refractivity contribution >= 4 is 5.91 Å².